The highest BCUT2D eigenvalue weighted by molar-refractivity contribution is 5.85. The molecule has 2 unspecified atom stereocenters. The molecule has 2 atom stereocenters. The van der Waals surface area contributed by atoms with Crippen LogP contribution < -0.4 is 15.8 Å². The summed E-state index contributed by atoms with van der Waals surface area (Å²) in [5.74, 6) is 0.418. The smallest absolute Gasteiger partial charge is 0.239 e. The van der Waals surface area contributed by atoms with E-state index < -0.39 is 11.6 Å². The van der Waals surface area contributed by atoms with Gasteiger partial charge in [-0.2, -0.15) is 0 Å². The molecule has 0 aliphatic carbocycles. The van der Waals surface area contributed by atoms with Crippen LogP contribution in [0, 0.1) is 0 Å². The summed E-state index contributed by atoms with van der Waals surface area (Å²) in [6, 6.07) is 17.1. The number of amides is 1. The Labute approximate surface area is 167 Å². The molecule has 0 aliphatic rings. The van der Waals surface area contributed by atoms with Crippen LogP contribution in [0.25, 0.3) is 0 Å². The molecule has 2 aromatic rings. The molecule has 2 aromatic carbocycles. The minimum atomic E-state index is -0.922. The first-order chi connectivity index (χ1) is 12.4. The summed E-state index contributed by atoms with van der Waals surface area (Å²) in [6.45, 7) is 4.25. The average molecular weight is 393 g/mol. The number of hydrogen-bond donors (Lipinski definition) is 3. The topological polar surface area (TPSA) is 84.6 Å². The van der Waals surface area contributed by atoms with E-state index >= 15 is 0 Å². The van der Waals surface area contributed by atoms with E-state index in [4.69, 9.17) is 10.5 Å². The Morgan fingerprint density at radius 2 is 1.93 bits per heavy atom. The fourth-order valence-corrected chi connectivity index (χ4v) is 2.69. The van der Waals surface area contributed by atoms with Gasteiger partial charge in [0, 0.05) is 6.54 Å². The fourth-order valence-electron chi connectivity index (χ4n) is 2.69. The zero-order valence-corrected chi connectivity index (χ0v) is 16.7. The number of carbonyl (C=O) groups excluding carboxylic acids is 1. The molecule has 0 saturated heterocycles. The van der Waals surface area contributed by atoms with Crippen LogP contribution in [0.2, 0.25) is 0 Å². The van der Waals surface area contributed by atoms with Crippen LogP contribution in [-0.4, -0.2) is 23.1 Å². The maximum Gasteiger partial charge on any atom is 0.239 e. The molecule has 27 heavy (non-hydrogen) atoms. The molecular weight excluding hydrogens is 364 g/mol. The number of aliphatic hydroxyl groups is 1. The predicted molar refractivity (Wildman–Crippen MR) is 110 cm³/mol. The molecule has 0 saturated carbocycles. The van der Waals surface area contributed by atoms with E-state index in [-0.39, 0.29) is 24.9 Å². The van der Waals surface area contributed by atoms with Crippen molar-refractivity contribution in [1.82, 2.24) is 5.32 Å². The van der Waals surface area contributed by atoms with Gasteiger partial charge in [0.25, 0.3) is 0 Å². The van der Waals surface area contributed by atoms with E-state index in [0.717, 1.165) is 12.0 Å². The molecule has 0 heterocycles. The molecule has 6 heteroatoms. The van der Waals surface area contributed by atoms with E-state index in [9.17, 15) is 9.90 Å². The van der Waals surface area contributed by atoms with Crippen molar-refractivity contribution in [3.63, 3.8) is 0 Å². The SMILES string of the molecule is CCCC(C)(N)C(=O)NCC(O)c1cccc(OCc2ccccc2)c1.Cl. The molecule has 4 N–H and O–H groups in total. The van der Waals surface area contributed by atoms with Crippen LogP contribution in [0.3, 0.4) is 0 Å². The second kappa shape index (κ2) is 10.9. The van der Waals surface area contributed by atoms with Crippen molar-refractivity contribution in [3.05, 3.63) is 65.7 Å². The van der Waals surface area contributed by atoms with Gasteiger partial charge in [-0.15, -0.1) is 12.4 Å². The highest BCUT2D eigenvalue weighted by atomic mass is 35.5. The van der Waals surface area contributed by atoms with Crippen molar-refractivity contribution in [2.45, 2.75) is 44.9 Å². The van der Waals surface area contributed by atoms with Gasteiger partial charge >= 0.3 is 0 Å². The number of benzene rings is 2. The number of ether oxygens (including phenoxy) is 1. The van der Waals surface area contributed by atoms with Crippen molar-refractivity contribution in [3.8, 4) is 5.75 Å². The van der Waals surface area contributed by atoms with E-state index in [0.29, 0.717) is 24.3 Å². The molecule has 0 aromatic heterocycles. The molecule has 2 rings (SSSR count). The van der Waals surface area contributed by atoms with Crippen molar-refractivity contribution in [2.24, 2.45) is 5.73 Å². The standard InChI is InChI=1S/C21H28N2O3.ClH/c1-3-12-21(2,22)20(25)23-14-19(24)17-10-7-11-18(13-17)26-15-16-8-5-4-6-9-16;/h4-11,13,19,24H,3,12,14-15,22H2,1-2H3,(H,23,25);1H. The lowest BCUT2D eigenvalue weighted by Gasteiger charge is -2.24. The minimum absolute atomic E-state index is 0. The van der Waals surface area contributed by atoms with Crippen molar-refractivity contribution in [1.29, 1.82) is 0 Å². The van der Waals surface area contributed by atoms with Gasteiger partial charge in [-0.25, -0.2) is 0 Å². The lowest BCUT2D eigenvalue weighted by atomic mass is 9.96. The Morgan fingerprint density at radius 1 is 1.22 bits per heavy atom. The summed E-state index contributed by atoms with van der Waals surface area (Å²) in [4.78, 5) is 12.1. The van der Waals surface area contributed by atoms with Gasteiger partial charge in [-0.05, 0) is 36.6 Å². The second-order valence-corrected chi connectivity index (χ2v) is 6.74. The van der Waals surface area contributed by atoms with Gasteiger partial charge in [0.05, 0.1) is 11.6 Å². The summed E-state index contributed by atoms with van der Waals surface area (Å²) < 4.78 is 5.78. The molecular formula is C21H29ClN2O3. The number of hydrogen-bond acceptors (Lipinski definition) is 4. The van der Waals surface area contributed by atoms with Gasteiger partial charge in [-0.3, -0.25) is 4.79 Å². The maximum absolute atomic E-state index is 12.1. The van der Waals surface area contributed by atoms with Crippen LogP contribution in [0.15, 0.2) is 54.6 Å². The quantitative estimate of drug-likeness (QED) is 0.611. The lowest BCUT2D eigenvalue weighted by Crippen LogP contribution is -2.52. The Bertz CT molecular complexity index is 708. The molecule has 0 aliphatic heterocycles. The Kier molecular flexibility index (Phi) is 9.29. The highest BCUT2D eigenvalue weighted by Crippen LogP contribution is 2.20. The third-order valence-electron chi connectivity index (χ3n) is 4.24. The molecule has 0 spiro atoms. The first-order valence-electron chi connectivity index (χ1n) is 8.94. The molecule has 0 fully saturated rings. The van der Waals surface area contributed by atoms with Gasteiger partial charge < -0.3 is 20.9 Å². The van der Waals surface area contributed by atoms with Crippen LogP contribution >= 0.6 is 12.4 Å². The van der Waals surface area contributed by atoms with Crippen molar-refractivity contribution < 1.29 is 14.6 Å². The van der Waals surface area contributed by atoms with E-state index in [1.807, 2.05) is 49.4 Å². The molecule has 1 amide bonds. The minimum Gasteiger partial charge on any atom is -0.489 e. The van der Waals surface area contributed by atoms with Gasteiger partial charge in [-0.1, -0.05) is 55.8 Å². The third kappa shape index (κ3) is 7.21. The summed E-state index contributed by atoms with van der Waals surface area (Å²) in [5.41, 5.74) is 6.84. The number of aliphatic hydroxyl groups excluding tert-OH is 1. The van der Waals surface area contributed by atoms with Crippen LogP contribution in [0.1, 0.15) is 43.9 Å². The fraction of sp³-hybridized carbons (Fsp3) is 0.381. The first kappa shape index (κ1) is 23.0. The van der Waals surface area contributed by atoms with Gasteiger partial charge in [0.2, 0.25) is 5.91 Å². The number of halogens is 1. The second-order valence-electron chi connectivity index (χ2n) is 6.74. The summed E-state index contributed by atoms with van der Waals surface area (Å²) in [5, 5.41) is 13.1. The van der Waals surface area contributed by atoms with Gasteiger partial charge in [0.15, 0.2) is 0 Å². The maximum atomic E-state index is 12.1. The monoisotopic (exact) mass is 392 g/mol. The van der Waals surface area contributed by atoms with E-state index in [2.05, 4.69) is 5.32 Å². The van der Waals surface area contributed by atoms with Crippen LogP contribution in [-0.2, 0) is 11.4 Å². The average Bonchev–Trinajstić information content (AvgIpc) is 2.65. The van der Waals surface area contributed by atoms with Crippen LogP contribution in [0.4, 0.5) is 0 Å². The summed E-state index contributed by atoms with van der Waals surface area (Å²) >= 11 is 0. The van der Waals surface area contributed by atoms with Crippen molar-refractivity contribution in [2.75, 3.05) is 6.54 Å². The summed E-state index contributed by atoms with van der Waals surface area (Å²) in [6.07, 6.45) is 0.596. The predicted octanol–water partition coefficient (Wildman–Crippen LogP) is 3.35. The van der Waals surface area contributed by atoms with Crippen molar-refractivity contribution >= 4 is 18.3 Å². The molecule has 148 valence electrons. The normalized spacial score (nSPS) is 13.8. The van der Waals surface area contributed by atoms with E-state index in [1.165, 1.54) is 0 Å². The lowest BCUT2D eigenvalue weighted by molar-refractivity contribution is -0.126. The number of nitrogens with two attached hydrogens (primary N) is 1. The highest BCUT2D eigenvalue weighted by Gasteiger charge is 2.27. The Balaban J connectivity index is 0.00000364. The molecule has 0 radical (unpaired) electrons. The van der Waals surface area contributed by atoms with Crippen LogP contribution in [0.5, 0.6) is 5.75 Å². The molecule has 0 bridgehead atoms. The Morgan fingerprint density at radius 3 is 2.59 bits per heavy atom. The Hall–Kier alpha value is -2.08. The van der Waals surface area contributed by atoms with Gasteiger partial charge in [0.1, 0.15) is 12.4 Å². The summed E-state index contributed by atoms with van der Waals surface area (Å²) in [7, 11) is 0. The third-order valence-corrected chi connectivity index (χ3v) is 4.24. The number of nitrogens with one attached hydrogen (secondary N) is 1. The zero-order valence-electron chi connectivity index (χ0n) is 15.9. The number of carbonyl (C=O) groups is 1. The van der Waals surface area contributed by atoms with E-state index in [1.54, 1.807) is 19.1 Å². The molecule has 5 nitrogen and oxygen atoms in total. The zero-order chi connectivity index (χ0) is 19.0. The first-order valence-corrected chi connectivity index (χ1v) is 8.94. The largest absolute Gasteiger partial charge is 0.489 e. The number of rotatable bonds is 9.